The van der Waals surface area contributed by atoms with Gasteiger partial charge in [0.1, 0.15) is 5.69 Å². The highest BCUT2D eigenvalue weighted by Crippen LogP contribution is 2.23. The molecule has 6 nitrogen and oxygen atoms in total. The molecule has 2 aromatic rings. The first-order valence-electron chi connectivity index (χ1n) is 9.77. The summed E-state index contributed by atoms with van der Waals surface area (Å²) < 4.78 is 1.63. The lowest BCUT2D eigenvalue weighted by molar-refractivity contribution is 0.0679. The second-order valence-corrected chi connectivity index (χ2v) is 7.72. The fourth-order valence-corrected chi connectivity index (χ4v) is 3.71. The number of nitrogens with zero attached hydrogens (tertiary/aromatic N) is 3. The van der Waals surface area contributed by atoms with Crippen LogP contribution in [-0.2, 0) is 13.5 Å². The molecule has 27 heavy (non-hydrogen) atoms. The Kier molecular flexibility index (Phi) is 4.97. The molecule has 6 heteroatoms. The van der Waals surface area contributed by atoms with Crippen molar-refractivity contribution >= 4 is 11.8 Å². The van der Waals surface area contributed by atoms with Gasteiger partial charge in [0.25, 0.3) is 11.8 Å². The van der Waals surface area contributed by atoms with Crippen LogP contribution in [0, 0.1) is 5.92 Å². The summed E-state index contributed by atoms with van der Waals surface area (Å²) in [6.45, 7) is 1.58. The topological polar surface area (TPSA) is 67.2 Å². The molecule has 2 fully saturated rings. The Morgan fingerprint density at radius 3 is 2.37 bits per heavy atom. The SMILES string of the molecule is Cn1nccc1C(=O)N1CCC(Cc2ccc(C(=O)NC3CC3)cc2)CC1. The van der Waals surface area contributed by atoms with Gasteiger partial charge in [0.15, 0.2) is 0 Å². The summed E-state index contributed by atoms with van der Waals surface area (Å²) in [6, 6.07) is 10.1. The molecule has 0 unspecified atom stereocenters. The van der Waals surface area contributed by atoms with Crippen LogP contribution >= 0.6 is 0 Å². The fraction of sp³-hybridized carbons (Fsp3) is 0.476. The van der Waals surface area contributed by atoms with Gasteiger partial charge in [-0.2, -0.15) is 5.10 Å². The van der Waals surface area contributed by atoms with Crippen LogP contribution in [0.2, 0.25) is 0 Å². The van der Waals surface area contributed by atoms with Crippen LogP contribution in [0.3, 0.4) is 0 Å². The van der Waals surface area contributed by atoms with Gasteiger partial charge in [-0.05, 0) is 61.8 Å². The van der Waals surface area contributed by atoms with Gasteiger partial charge in [0.05, 0.1) is 0 Å². The number of likely N-dealkylation sites (tertiary alicyclic amines) is 1. The van der Waals surface area contributed by atoms with Crippen LogP contribution < -0.4 is 5.32 Å². The van der Waals surface area contributed by atoms with E-state index in [0.29, 0.717) is 17.7 Å². The summed E-state index contributed by atoms with van der Waals surface area (Å²) in [7, 11) is 1.80. The third-order valence-electron chi connectivity index (χ3n) is 5.59. The molecular formula is C21H26N4O2. The Hall–Kier alpha value is -2.63. The van der Waals surface area contributed by atoms with E-state index >= 15 is 0 Å². The molecule has 2 amide bonds. The minimum Gasteiger partial charge on any atom is -0.349 e. The van der Waals surface area contributed by atoms with E-state index in [9.17, 15) is 9.59 Å². The number of nitrogens with one attached hydrogen (secondary N) is 1. The van der Waals surface area contributed by atoms with Crippen LogP contribution in [0.5, 0.6) is 0 Å². The van der Waals surface area contributed by atoms with Gasteiger partial charge in [-0.15, -0.1) is 0 Å². The number of carbonyl (C=O) groups excluding carboxylic acids is 2. The first-order valence-corrected chi connectivity index (χ1v) is 9.77. The molecule has 0 atom stereocenters. The monoisotopic (exact) mass is 366 g/mol. The van der Waals surface area contributed by atoms with Gasteiger partial charge in [0, 0.05) is 37.9 Å². The van der Waals surface area contributed by atoms with Crippen molar-refractivity contribution in [2.75, 3.05) is 13.1 Å². The second kappa shape index (κ2) is 7.55. The average Bonchev–Trinajstić information content (AvgIpc) is 3.40. The van der Waals surface area contributed by atoms with Crippen LogP contribution in [0.15, 0.2) is 36.5 Å². The van der Waals surface area contributed by atoms with Crippen molar-refractivity contribution in [3.05, 3.63) is 53.3 Å². The number of aryl methyl sites for hydroxylation is 1. The van der Waals surface area contributed by atoms with Crippen molar-refractivity contribution in [3.63, 3.8) is 0 Å². The Balaban J connectivity index is 1.28. The van der Waals surface area contributed by atoms with E-state index in [2.05, 4.69) is 22.5 Å². The molecule has 1 aliphatic carbocycles. The fourth-order valence-electron chi connectivity index (χ4n) is 3.71. The van der Waals surface area contributed by atoms with Crippen molar-refractivity contribution in [1.29, 1.82) is 0 Å². The number of hydrogen-bond donors (Lipinski definition) is 1. The number of carbonyl (C=O) groups is 2. The number of hydrogen-bond acceptors (Lipinski definition) is 3. The van der Waals surface area contributed by atoms with E-state index in [1.165, 1.54) is 5.56 Å². The molecule has 142 valence electrons. The maximum atomic E-state index is 12.6. The number of rotatable bonds is 5. The zero-order valence-corrected chi connectivity index (χ0v) is 15.7. The molecule has 1 N–H and O–H groups in total. The number of benzene rings is 1. The molecule has 4 rings (SSSR count). The van der Waals surface area contributed by atoms with E-state index < -0.39 is 0 Å². The van der Waals surface area contributed by atoms with Crippen molar-refractivity contribution in [1.82, 2.24) is 20.0 Å². The first kappa shape index (κ1) is 17.8. The molecule has 1 aliphatic heterocycles. The molecule has 0 spiro atoms. The Labute approximate surface area is 159 Å². The minimum atomic E-state index is 0.0334. The summed E-state index contributed by atoms with van der Waals surface area (Å²) in [5.41, 5.74) is 2.64. The largest absolute Gasteiger partial charge is 0.349 e. The summed E-state index contributed by atoms with van der Waals surface area (Å²) in [6.07, 6.45) is 6.88. The van der Waals surface area contributed by atoms with Gasteiger partial charge in [-0.1, -0.05) is 12.1 Å². The Morgan fingerprint density at radius 2 is 1.78 bits per heavy atom. The highest BCUT2D eigenvalue weighted by atomic mass is 16.2. The zero-order valence-electron chi connectivity index (χ0n) is 15.7. The van der Waals surface area contributed by atoms with Gasteiger partial charge < -0.3 is 10.2 Å². The van der Waals surface area contributed by atoms with Crippen LogP contribution in [-0.4, -0.2) is 45.6 Å². The maximum absolute atomic E-state index is 12.6. The normalized spacial score (nSPS) is 17.7. The lowest BCUT2D eigenvalue weighted by Gasteiger charge is -2.32. The highest BCUT2D eigenvalue weighted by molar-refractivity contribution is 5.94. The van der Waals surface area contributed by atoms with Crippen molar-refractivity contribution < 1.29 is 9.59 Å². The van der Waals surface area contributed by atoms with Crippen molar-refractivity contribution in [2.24, 2.45) is 13.0 Å². The molecule has 1 saturated heterocycles. The Morgan fingerprint density at radius 1 is 1.07 bits per heavy atom. The number of amides is 2. The smallest absolute Gasteiger partial charge is 0.272 e. The summed E-state index contributed by atoms with van der Waals surface area (Å²) in [4.78, 5) is 26.5. The minimum absolute atomic E-state index is 0.0334. The van der Waals surface area contributed by atoms with Gasteiger partial charge in [0.2, 0.25) is 0 Å². The van der Waals surface area contributed by atoms with Crippen molar-refractivity contribution in [2.45, 2.75) is 38.1 Å². The highest BCUT2D eigenvalue weighted by Gasteiger charge is 2.26. The average molecular weight is 366 g/mol. The quantitative estimate of drug-likeness (QED) is 0.884. The zero-order chi connectivity index (χ0) is 18.8. The molecular weight excluding hydrogens is 340 g/mol. The molecule has 1 aromatic carbocycles. The van der Waals surface area contributed by atoms with E-state index in [1.54, 1.807) is 24.0 Å². The molecule has 0 radical (unpaired) electrons. The summed E-state index contributed by atoms with van der Waals surface area (Å²) in [5, 5.41) is 7.10. The lowest BCUT2D eigenvalue weighted by atomic mass is 9.90. The number of aromatic nitrogens is 2. The maximum Gasteiger partial charge on any atom is 0.272 e. The first-order chi connectivity index (χ1) is 13.1. The summed E-state index contributed by atoms with van der Waals surface area (Å²) in [5.74, 6) is 0.678. The third-order valence-corrected chi connectivity index (χ3v) is 5.59. The van der Waals surface area contributed by atoms with Gasteiger partial charge in [-0.3, -0.25) is 14.3 Å². The third kappa shape index (κ3) is 4.21. The second-order valence-electron chi connectivity index (χ2n) is 7.72. The molecule has 2 aliphatic rings. The van der Waals surface area contributed by atoms with Gasteiger partial charge in [-0.25, -0.2) is 0 Å². The van der Waals surface area contributed by atoms with E-state index in [4.69, 9.17) is 0 Å². The molecule has 1 saturated carbocycles. The number of piperidine rings is 1. The van der Waals surface area contributed by atoms with E-state index in [0.717, 1.165) is 50.8 Å². The van der Waals surface area contributed by atoms with Crippen LogP contribution in [0.4, 0.5) is 0 Å². The van der Waals surface area contributed by atoms with E-state index in [1.807, 2.05) is 17.0 Å². The summed E-state index contributed by atoms with van der Waals surface area (Å²) >= 11 is 0. The van der Waals surface area contributed by atoms with Crippen LogP contribution in [0.1, 0.15) is 52.1 Å². The Bertz CT molecular complexity index is 815. The predicted octanol–water partition coefficient (Wildman–Crippen LogP) is 2.41. The predicted molar refractivity (Wildman–Crippen MR) is 102 cm³/mol. The molecule has 1 aromatic heterocycles. The van der Waals surface area contributed by atoms with Gasteiger partial charge >= 0.3 is 0 Å². The lowest BCUT2D eigenvalue weighted by Crippen LogP contribution is -2.39. The van der Waals surface area contributed by atoms with Crippen molar-refractivity contribution in [3.8, 4) is 0 Å². The standard InChI is InChI=1S/C21H26N4O2/c1-24-19(8-11-22-24)21(27)25-12-9-16(10-13-25)14-15-2-4-17(5-3-15)20(26)23-18-6-7-18/h2-5,8,11,16,18H,6-7,9-10,12-14H2,1H3,(H,23,26). The van der Waals surface area contributed by atoms with Crippen LogP contribution in [0.25, 0.3) is 0 Å². The molecule has 2 heterocycles. The molecule has 0 bridgehead atoms. The van der Waals surface area contributed by atoms with E-state index in [-0.39, 0.29) is 11.8 Å².